The SMILES string of the molecule is CCCOc1cccc(/C=N/NC(=S)Nc2ccccc2)c1. The third kappa shape index (κ3) is 5.54. The Bertz CT molecular complexity index is 629. The summed E-state index contributed by atoms with van der Waals surface area (Å²) in [6.45, 7) is 2.79. The predicted molar refractivity (Wildman–Crippen MR) is 95.6 cm³/mol. The third-order valence-electron chi connectivity index (χ3n) is 2.74. The summed E-state index contributed by atoms with van der Waals surface area (Å²) in [7, 11) is 0. The van der Waals surface area contributed by atoms with Gasteiger partial charge >= 0.3 is 0 Å². The number of rotatable bonds is 6. The van der Waals surface area contributed by atoms with E-state index in [1.165, 1.54) is 0 Å². The van der Waals surface area contributed by atoms with Crippen LogP contribution in [0.2, 0.25) is 0 Å². The molecule has 0 saturated heterocycles. The minimum Gasteiger partial charge on any atom is -0.494 e. The van der Waals surface area contributed by atoms with E-state index >= 15 is 0 Å². The first-order chi connectivity index (χ1) is 10.8. The molecule has 0 aliphatic rings. The van der Waals surface area contributed by atoms with Gasteiger partial charge in [0.15, 0.2) is 5.11 Å². The number of hydrogen-bond acceptors (Lipinski definition) is 3. The first kappa shape index (κ1) is 16.0. The molecule has 114 valence electrons. The highest BCUT2D eigenvalue weighted by atomic mass is 32.1. The summed E-state index contributed by atoms with van der Waals surface area (Å²) >= 11 is 5.17. The Labute approximate surface area is 136 Å². The van der Waals surface area contributed by atoms with Crippen molar-refractivity contribution in [1.29, 1.82) is 0 Å². The molecule has 0 aliphatic heterocycles. The predicted octanol–water partition coefficient (Wildman–Crippen LogP) is 3.80. The minimum atomic E-state index is 0.445. The largest absolute Gasteiger partial charge is 0.494 e. The summed E-state index contributed by atoms with van der Waals surface area (Å²) in [5, 5.41) is 7.62. The summed E-state index contributed by atoms with van der Waals surface area (Å²) in [4.78, 5) is 0. The van der Waals surface area contributed by atoms with Crippen LogP contribution >= 0.6 is 12.2 Å². The molecule has 0 bridgehead atoms. The van der Waals surface area contributed by atoms with Crippen LogP contribution in [0.4, 0.5) is 5.69 Å². The maximum atomic E-state index is 5.58. The molecule has 0 aromatic heterocycles. The topological polar surface area (TPSA) is 45.6 Å². The van der Waals surface area contributed by atoms with Crippen molar-refractivity contribution in [3.63, 3.8) is 0 Å². The first-order valence-corrected chi connectivity index (χ1v) is 7.56. The zero-order valence-electron chi connectivity index (χ0n) is 12.5. The lowest BCUT2D eigenvalue weighted by Crippen LogP contribution is -2.23. The smallest absolute Gasteiger partial charge is 0.191 e. The number of ether oxygens (including phenoxy) is 1. The maximum absolute atomic E-state index is 5.58. The van der Waals surface area contributed by atoms with E-state index in [0.29, 0.717) is 11.7 Å². The van der Waals surface area contributed by atoms with Crippen molar-refractivity contribution in [2.75, 3.05) is 11.9 Å². The fourth-order valence-electron chi connectivity index (χ4n) is 1.75. The molecule has 0 amide bonds. The molecule has 0 heterocycles. The number of nitrogens with zero attached hydrogens (tertiary/aromatic N) is 1. The quantitative estimate of drug-likeness (QED) is 0.484. The van der Waals surface area contributed by atoms with Gasteiger partial charge in [0.25, 0.3) is 0 Å². The molecular weight excluding hydrogens is 294 g/mol. The second-order valence-corrected chi connectivity index (χ2v) is 5.02. The van der Waals surface area contributed by atoms with Gasteiger partial charge in [-0.05, 0) is 48.5 Å². The van der Waals surface area contributed by atoms with Crippen molar-refractivity contribution in [3.05, 3.63) is 60.2 Å². The van der Waals surface area contributed by atoms with E-state index in [1.54, 1.807) is 6.21 Å². The van der Waals surface area contributed by atoms with Crippen molar-refractivity contribution in [2.24, 2.45) is 5.10 Å². The number of hydrazone groups is 1. The van der Waals surface area contributed by atoms with Crippen molar-refractivity contribution >= 4 is 29.2 Å². The number of para-hydroxylation sites is 1. The number of nitrogens with one attached hydrogen (secondary N) is 2. The zero-order chi connectivity index (χ0) is 15.6. The van der Waals surface area contributed by atoms with E-state index in [2.05, 4.69) is 22.8 Å². The molecule has 2 rings (SSSR count). The zero-order valence-corrected chi connectivity index (χ0v) is 13.3. The van der Waals surface area contributed by atoms with Crippen LogP contribution in [0.3, 0.4) is 0 Å². The maximum Gasteiger partial charge on any atom is 0.191 e. The molecule has 0 fully saturated rings. The molecule has 0 aliphatic carbocycles. The molecule has 0 spiro atoms. The van der Waals surface area contributed by atoms with E-state index in [1.807, 2.05) is 54.6 Å². The average Bonchev–Trinajstić information content (AvgIpc) is 2.54. The standard InChI is InChI=1S/C17H19N3OS/c1-2-11-21-16-10-6-7-14(12-16)13-18-20-17(22)19-15-8-4-3-5-9-15/h3-10,12-13H,2,11H2,1H3,(H2,19,20,22)/b18-13+. The van der Waals surface area contributed by atoms with E-state index in [9.17, 15) is 0 Å². The molecule has 2 aromatic rings. The summed E-state index contributed by atoms with van der Waals surface area (Å²) in [6, 6.07) is 17.5. The molecule has 2 N–H and O–H groups in total. The second kappa shape index (κ2) is 8.79. The van der Waals surface area contributed by atoms with Gasteiger partial charge in [-0.3, -0.25) is 5.43 Å². The van der Waals surface area contributed by atoms with Gasteiger partial charge in [-0.2, -0.15) is 5.10 Å². The van der Waals surface area contributed by atoms with Gasteiger partial charge in [0.05, 0.1) is 12.8 Å². The van der Waals surface area contributed by atoms with Crippen LogP contribution in [-0.4, -0.2) is 17.9 Å². The third-order valence-corrected chi connectivity index (χ3v) is 2.94. The monoisotopic (exact) mass is 313 g/mol. The lowest BCUT2D eigenvalue weighted by Gasteiger charge is -2.06. The van der Waals surface area contributed by atoms with E-state index < -0.39 is 0 Å². The number of benzene rings is 2. The van der Waals surface area contributed by atoms with Crippen molar-refractivity contribution in [2.45, 2.75) is 13.3 Å². The van der Waals surface area contributed by atoms with Gasteiger partial charge in [-0.25, -0.2) is 0 Å². The second-order valence-electron chi connectivity index (χ2n) is 4.61. The Morgan fingerprint density at radius 2 is 2.00 bits per heavy atom. The highest BCUT2D eigenvalue weighted by Crippen LogP contribution is 2.12. The fourth-order valence-corrected chi connectivity index (χ4v) is 1.92. The lowest BCUT2D eigenvalue weighted by atomic mass is 10.2. The molecule has 0 atom stereocenters. The van der Waals surface area contributed by atoms with Crippen molar-refractivity contribution < 1.29 is 4.74 Å². The minimum absolute atomic E-state index is 0.445. The fraction of sp³-hybridized carbons (Fsp3) is 0.176. The van der Waals surface area contributed by atoms with E-state index in [0.717, 1.165) is 23.4 Å². The summed E-state index contributed by atoms with van der Waals surface area (Å²) in [6.07, 6.45) is 2.69. The molecule has 22 heavy (non-hydrogen) atoms. The van der Waals surface area contributed by atoms with Crippen molar-refractivity contribution in [1.82, 2.24) is 5.43 Å². The van der Waals surface area contributed by atoms with Gasteiger partial charge in [0, 0.05) is 5.69 Å². The summed E-state index contributed by atoms with van der Waals surface area (Å²) in [5.74, 6) is 0.843. The van der Waals surface area contributed by atoms with Gasteiger partial charge in [0.2, 0.25) is 0 Å². The molecule has 2 aromatic carbocycles. The molecular formula is C17H19N3OS. The first-order valence-electron chi connectivity index (χ1n) is 7.16. The van der Waals surface area contributed by atoms with Crippen LogP contribution in [0.15, 0.2) is 59.7 Å². The highest BCUT2D eigenvalue weighted by molar-refractivity contribution is 7.80. The number of thiocarbonyl (C=S) groups is 1. The normalized spacial score (nSPS) is 10.4. The van der Waals surface area contributed by atoms with Gasteiger partial charge in [-0.1, -0.05) is 37.3 Å². The Morgan fingerprint density at radius 1 is 1.18 bits per heavy atom. The van der Waals surface area contributed by atoms with Crippen LogP contribution < -0.4 is 15.5 Å². The number of anilines is 1. The number of hydrogen-bond donors (Lipinski definition) is 2. The summed E-state index contributed by atoms with van der Waals surface area (Å²) in [5.41, 5.74) is 4.66. The summed E-state index contributed by atoms with van der Waals surface area (Å²) < 4.78 is 5.58. The molecule has 0 unspecified atom stereocenters. The Balaban J connectivity index is 1.85. The average molecular weight is 313 g/mol. The van der Waals surface area contributed by atoms with Crippen LogP contribution in [0.5, 0.6) is 5.75 Å². The van der Waals surface area contributed by atoms with Crippen LogP contribution in [0, 0.1) is 0 Å². The van der Waals surface area contributed by atoms with Crippen LogP contribution in [0.25, 0.3) is 0 Å². The van der Waals surface area contributed by atoms with Gasteiger partial charge in [-0.15, -0.1) is 0 Å². The van der Waals surface area contributed by atoms with E-state index in [-0.39, 0.29) is 0 Å². The molecule has 5 heteroatoms. The lowest BCUT2D eigenvalue weighted by molar-refractivity contribution is 0.317. The molecule has 0 saturated carbocycles. The molecule has 4 nitrogen and oxygen atoms in total. The Kier molecular flexibility index (Phi) is 6.39. The highest BCUT2D eigenvalue weighted by Gasteiger charge is 1.96. The Morgan fingerprint density at radius 3 is 2.77 bits per heavy atom. The van der Waals surface area contributed by atoms with Gasteiger partial charge in [0.1, 0.15) is 5.75 Å². The molecule has 0 radical (unpaired) electrons. The van der Waals surface area contributed by atoms with Crippen LogP contribution in [0.1, 0.15) is 18.9 Å². The van der Waals surface area contributed by atoms with Crippen molar-refractivity contribution in [3.8, 4) is 5.75 Å². The van der Waals surface area contributed by atoms with E-state index in [4.69, 9.17) is 17.0 Å². The van der Waals surface area contributed by atoms with Crippen LogP contribution in [-0.2, 0) is 0 Å². The van der Waals surface area contributed by atoms with Gasteiger partial charge < -0.3 is 10.1 Å². The Hall–Kier alpha value is -2.40.